The molecule has 1 aromatic rings. The maximum atomic E-state index is 13.5. The van der Waals surface area contributed by atoms with Crippen molar-refractivity contribution in [1.82, 2.24) is 10.6 Å². The molecular weight excluding hydrogens is 363 g/mol. The highest BCUT2D eigenvalue weighted by atomic mass is 79.9. The van der Waals surface area contributed by atoms with E-state index in [4.69, 9.17) is 4.74 Å². The zero-order chi connectivity index (χ0) is 14.4. The monoisotopic (exact) mass is 380 g/mol. The lowest BCUT2D eigenvalue weighted by Gasteiger charge is -2.23. The van der Waals surface area contributed by atoms with E-state index in [1.165, 1.54) is 6.07 Å². The summed E-state index contributed by atoms with van der Waals surface area (Å²) in [5, 5.41) is 6.18. The van der Waals surface area contributed by atoms with Crippen molar-refractivity contribution in [3.63, 3.8) is 0 Å². The molecule has 1 saturated heterocycles. The molecule has 1 aromatic carbocycles. The van der Waals surface area contributed by atoms with E-state index in [0.717, 1.165) is 25.9 Å². The normalized spacial score (nSPS) is 17.7. The summed E-state index contributed by atoms with van der Waals surface area (Å²) in [6.45, 7) is 2.00. The lowest BCUT2D eigenvalue weighted by molar-refractivity contribution is -0.122. The third-order valence-electron chi connectivity index (χ3n) is 3.14. The maximum absolute atomic E-state index is 13.5. The molecule has 1 aliphatic rings. The molecule has 4 nitrogen and oxygen atoms in total. The van der Waals surface area contributed by atoms with Gasteiger partial charge >= 0.3 is 0 Å². The summed E-state index contributed by atoms with van der Waals surface area (Å²) in [5.41, 5.74) is 0. The first kappa shape index (κ1) is 18.2. The molecule has 0 bridgehead atoms. The van der Waals surface area contributed by atoms with Crippen molar-refractivity contribution in [3.05, 3.63) is 28.5 Å². The molecule has 1 heterocycles. The van der Waals surface area contributed by atoms with Gasteiger partial charge in [0, 0.05) is 17.1 Å². The molecular formula is C14H19BrClFN2O2. The number of carbonyl (C=O) groups is 1. The first-order valence-corrected chi connectivity index (χ1v) is 7.52. The highest BCUT2D eigenvalue weighted by molar-refractivity contribution is 9.10. The van der Waals surface area contributed by atoms with Gasteiger partial charge < -0.3 is 15.4 Å². The number of benzene rings is 1. The molecule has 1 fully saturated rings. The van der Waals surface area contributed by atoms with Crippen molar-refractivity contribution in [2.45, 2.75) is 25.3 Å². The lowest BCUT2D eigenvalue weighted by atomic mass is 10.1. The summed E-state index contributed by atoms with van der Waals surface area (Å²) in [5.74, 6) is -0.326. The Morgan fingerprint density at radius 1 is 1.52 bits per heavy atom. The van der Waals surface area contributed by atoms with Crippen molar-refractivity contribution < 1.29 is 13.9 Å². The van der Waals surface area contributed by atoms with Gasteiger partial charge in [-0.2, -0.15) is 0 Å². The quantitative estimate of drug-likeness (QED) is 0.824. The average molecular weight is 382 g/mol. The minimum absolute atomic E-state index is 0. The zero-order valence-electron chi connectivity index (χ0n) is 11.5. The third-order valence-corrected chi connectivity index (χ3v) is 3.64. The molecule has 0 aromatic heterocycles. The Balaban J connectivity index is 0.00000220. The van der Waals surface area contributed by atoms with Crippen molar-refractivity contribution in [2.24, 2.45) is 0 Å². The average Bonchev–Trinajstić information content (AvgIpc) is 2.42. The Morgan fingerprint density at radius 3 is 3.00 bits per heavy atom. The fourth-order valence-electron chi connectivity index (χ4n) is 2.12. The van der Waals surface area contributed by atoms with Gasteiger partial charge in [-0.1, -0.05) is 15.9 Å². The van der Waals surface area contributed by atoms with Gasteiger partial charge in [-0.05, 0) is 37.6 Å². The number of carbonyl (C=O) groups excluding carboxylic acids is 1. The summed E-state index contributed by atoms with van der Waals surface area (Å²) < 4.78 is 19.4. The molecule has 1 atom stereocenters. The van der Waals surface area contributed by atoms with E-state index >= 15 is 0 Å². The van der Waals surface area contributed by atoms with Crippen LogP contribution in [0.3, 0.4) is 0 Å². The van der Waals surface area contributed by atoms with Gasteiger partial charge in [-0.25, -0.2) is 4.39 Å². The molecule has 0 unspecified atom stereocenters. The van der Waals surface area contributed by atoms with E-state index in [1.807, 2.05) is 0 Å². The predicted octanol–water partition coefficient (Wildman–Crippen LogP) is 2.65. The number of hydrogen-bond acceptors (Lipinski definition) is 3. The molecule has 0 spiro atoms. The van der Waals surface area contributed by atoms with E-state index in [2.05, 4.69) is 26.6 Å². The second-order valence-corrected chi connectivity index (χ2v) is 5.70. The molecule has 0 aliphatic carbocycles. The summed E-state index contributed by atoms with van der Waals surface area (Å²) >= 11 is 3.18. The van der Waals surface area contributed by atoms with Crippen molar-refractivity contribution >= 4 is 34.2 Å². The van der Waals surface area contributed by atoms with Crippen LogP contribution in [0, 0.1) is 5.82 Å². The molecule has 0 radical (unpaired) electrons. The molecule has 0 saturated carbocycles. The largest absolute Gasteiger partial charge is 0.490 e. The SMILES string of the molecule is Cl.O=C(CCOc1ccc(Br)cc1F)N[C@H]1CCCNC1. The van der Waals surface area contributed by atoms with Gasteiger partial charge in [0.1, 0.15) is 0 Å². The summed E-state index contributed by atoms with van der Waals surface area (Å²) in [6, 6.07) is 4.78. The van der Waals surface area contributed by atoms with E-state index in [1.54, 1.807) is 12.1 Å². The second-order valence-electron chi connectivity index (χ2n) is 4.78. The summed E-state index contributed by atoms with van der Waals surface area (Å²) in [4.78, 5) is 11.7. The number of hydrogen-bond donors (Lipinski definition) is 2. The third kappa shape index (κ3) is 6.20. The molecule has 2 rings (SSSR count). The smallest absolute Gasteiger partial charge is 0.223 e. The fourth-order valence-corrected chi connectivity index (χ4v) is 2.45. The second kappa shape index (κ2) is 9.23. The van der Waals surface area contributed by atoms with Crippen molar-refractivity contribution in [2.75, 3.05) is 19.7 Å². The van der Waals surface area contributed by atoms with Gasteiger partial charge in [0.15, 0.2) is 11.6 Å². The lowest BCUT2D eigenvalue weighted by Crippen LogP contribution is -2.45. The Labute approximate surface area is 138 Å². The van der Waals surface area contributed by atoms with E-state index in [0.29, 0.717) is 4.47 Å². The first-order chi connectivity index (χ1) is 9.65. The van der Waals surface area contributed by atoms with Gasteiger partial charge in [0.25, 0.3) is 0 Å². The van der Waals surface area contributed by atoms with Crippen LogP contribution in [0.2, 0.25) is 0 Å². The number of piperidine rings is 1. The predicted molar refractivity (Wildman–Crippen MR) is 85.5 cm³/mol. The Hall–Kier alpha value is -0.850. The number of amides is 1. The molecule has 2 N–H and O–H groups in total. The highest BCUT2D eigenvalue weighted by Crippen LogP contribution is 2.21. The number of halogens is 3. The van der Waals surface area contributed by atoms with E-state index in [-0.39, 0.29) is 43.1 Å². The molecule has 1 amide bonds. The van der Waals surface area contributed by atoms with Crippen LogP contribution in [0.15, 0.2) is 22.7 Å². The Kier molecular flexibility index (Phi) is 8.00. The first-order valence-electron chi connectivity index (χ1n) is 6.73. The number of nitrogens with one attached hydrogen (secondary N) is 2. The van der Waals surface area contributed by atoms with Crippen LogP contribution in [0.5, 0.6) is 5.75 Å². The van der Waals surface area contributed by atoms with Gasteiger partial charge in [-0.15, -0.1) is 12.4 Å². The van der Waals surface area contributed by atoms with Crippen LogP contribution in [0.25, 0.3) is 0 Å². The van der Waals surface area contributed by atoms with Crippen LogP contribution < -0.4 is 15.4 Å². The number of rotatable bonds is 5. The molecule has 7 heteroatoms. The topological polar surface area (TPSA) is 50.4 Å². The van der Waals surface area contributed by atoms with E-state index < -0.39 is 5.82 Å². The molecule has 118 valence electrons. The van der Waals surface area contributed by atoms with Crippen molar-refractivity contribution in [3.8, 4) is 5.75 Å². The van der Waals surface area contributed by atoms with Gasteiger partial charge in [0.05, 0.1) is 13.0 Å². The molecule has 21 heavy (non-hydrogen) atoms. The standard InChI is InChI=1S/C14H18BrFN2O2.ClH/c15-10-3-4-13(12(16)8-10)20-7-5-14(19)18-11-2-1-6-17-9-11;/h3-4,8,11,17H,1-2,5-7,9H2,(H,18,19);1H/t11-;/m0./s1. The van der Waals surface area contributed by atoms with E-state index in [9.17, 15) is 9.18 Å². The van der Waals surface area contributed by atoms with Crippen LogP contribution in [-0.4, -0.2) is 31.6 Å². The van der Waals surface area contributed by atoms with Crippen LogP contribution >= 0.6 is 28.3 Å². The van der Waals surface area contributed by atoms with Crippen LogP contribution in [-0.2, 0) is 4.79 Å². The highest BCUT2D eigenvalue weighted by Gasteiger charge is 2.15. The Morgan fingerprint density at radius 2 is 2.33 bits per heavy atom. The van der Waals surface area contributed by atoms with Crippen LogP contribution in [0.4, 0.5) is 4.39 Å². The van der Waals surface area contributed by atoms with Gasteiger partial charge in [0.2, 0.25) is 5.91 Å². The summed E-state index contributed by atoms with van der Waals surface area (Å²) in [6.07, 6.45) is 2.30. The van der Waals surface area contributed by atoms with Crippen LogP contribution in [0.1, 0.15) is 19.3 Å². The maximum Gasteiger partial charge on any atom is 0.223 e. The summed E-state index contributed by atoms with van der Waals surface area (Å²) in [7, 11) is 0. The number of ether oxygens (including phenoxy) is 1. The fraction of sp³-hybridized carbons (Fsp3) is 0.500. The molecule has 1 aliphatic heterocycles. The minimum atomic E-state index is -0.434. The minimum Gasteiger partial charge on any atom is -0.490 e. The van der Waals surface area contributed by atoms with Gasteiger partial charge in [-0.3, -0.25) is 4.79 Å². The zero-order valence-corrected chi connectivity index (χ0v) is 13.9. The Bertz CT molecular complexity index is 470. The van der Waals surface area contributed by atoms with Crippen molar-refractivity contribution in [1.29, 1.82) is 0 Å².